The molecule has 1 aliphatic rings. The standard InChI is InChI=1S/C15H22O/c1-5-11-12-8-6-7-9-13(12)15(2,3)10-14(11)16-4/h6-9,11,14H,5,10H2,1-4H3/t11-,14?/m0/s1. The fourth-order valence-electron chi connectivity index (χ4n) is 3.12. The first-order valence-corrected chi connectivity index (χ1v) is 6.22. The van der Waals surface area contributed by atoms with Gasteiger partial charge in [0, 0.05) is 13.0 Å². The number of hydrogen-bond acceptors (Lipinski definition) is 1. The summed E-state index contributed by atoms with van der Waals surface area (Å²) in [6.45, 7) is 6.90. The molecule has 2 atom stereocenters. The van der Waals surface area contributed by atoms with Crippen LogP contribution in [0.25, 0.3) is 0 Å². The van der Waals surface area contributed by atoms with Crippen molar-refractivity contribution in [2.75, 3.05) is 7.11 Å². The van der Waals surface area contributed by atoms with Gasteiger partial charge in [0.05, 0.1) is 6.10 Å². The lowest BCUT2D eigenvalue weighted by atomic mass is 9.67. The minimum absolute atomic E-state index is 0.239. The summed E-state index contributed by atoms with van der Waals surface area (Å²) in [5.74, 6) is 0.564. The Morgan fingerprint density at radius 3 is 2.62 bits per heavy atom. The highest BCUT2D eigenvalue weighted by atomic mass is 16.5. The van der Waals surface area contributed by atoms with E-state index in [1.807, 2.05) is 7.11 Å². The number of rotatable bonds is 2. The van der Waals surface area contributed by atoms with Crippen molar-refractivity contribution < 1.29 is 4.74 Å². The number of benzene rings is 1. The maximum absolute atomic E-state index is 5.69. The Morgan fingerprint density at radius 2 is 2.00 bits per heavy atom. The molecule has 1 nitrogen and oxygen atoms in total. The van der Waals surface area contributed by atoms with E-state index in [0.717, 1.165) is 12.8 Å². The molecule has 1 unspecified atom stereocenters. The topological polar surface area (TPSA) is 9.23 Å². The van der Waals surface area contributed by atoms with E-state index in [1.165, 1.54) is 11.1 Å². The molecule has 1 aromatic carbocycles. The monoisotopic (exact) mass is 218 g/mol. The molecule has 1 heteroatoms. The van der Waals surface area contributed by atoms with Crippen LogP contribution < -0.4 is 0 Å². The van der Waals surface area contributed by atoms with Crippen LogP contribution in [-0.2, 0) is 10.2 Å². The zero-order valence-corrected chi connectivity index (χ0v) is 10.8. The molecule has 16 heavy (non-hydrogen) atoms. The summed E-state index contributed by atoms with van der Waals surface area (Å²) in [5, 5.41) is 0. The normalized spacial score (nSPS) is 27.5. The molecular weight excluding hydrogens is 196 g/mol. The molecule has 0 aliphatic heterocycles. The Kier molecular flexibility index (Phi) is 3.07. The van der Waals surface area contributed by atoms with E-state index in [0.29, 0.717) is 12.0 Å². The van der Waals surface area contributed by atoms with E-state index in [2.05, 4.69) is 45.0 Å². The molecule has 88 valence electrons. The average molecular weight is 218 g/mol. The molecule has 0 spiro atoms. The van der Waals surface area contributed by atoms with Crippen molar-refractivity contribution >= 4 is 0 Å². The minimum Gasteiger partial charge on any atom is -0.381 e. The Labute approximate surface area is 98.8 Å². The van der Waals surface area contributed by atoms with Gasteiger partial charge < -0.3 is 4.74 Å². The second-order valence-corrected chi connectivity index (χ2v) is 5.46. The fraction of sp³-hybridized carbons (Fsp3) is 0.600. The van der Waals surface area contributed by atoms with Gasteiger partial charge in [0.25, 0.3) is 0 Å². The van der Waals surface area contributed by atoms with Crippen LogP contribution in [0.15, 0.2) is 24.3 Å². The quantitative estimate of drug-likeness (QED) is 0.732. The predicted octanol–water partition coefficient (Wildman–Crippen LogP) is 3.88. The van der Waals surface area contributed by atoms with Crippen molar-refractivity contribution in [3.8, 4) is 0 Å². The van der Waals surface area contributed by atoms with Gasteiger partial charge in [0.1, 0.15) is 0 Å². The first-order valence-electron chi connectivity index (χ1n) is 6.22. The maximum Gasteiger partial charge on any atom is 0.0648 e. The Bertz CT molecular complexity index is 367. The Hall–Kier alpha value is -0.820. The molecule has 1 aliphatic carbocycles. The fourth-order valence-corrected chi connectivity index (χ4v) is 3.12. The third-order valence-electron chi connectivity index (χ3n) is 3.99. The molecule has 0 bridgehead atoms. The van der Waals surface area contributed by atoms with Crippen molar-refractivity contribution in [3.63, 3.8) is 0 Å². The van der Waals surface area contributed by atoms with Crippen LogP contribution in [0.5, 0.6) is 0 Å². The number of fused-ring (bicyclic) bond motifs is 1. The predicted molar refractivity (Wildman–Crippen MR) is 67.9 cm³/mol. The van der Waals surface area contributed by atoms with Crippen LogP contribution in [-0.4, -0.2) is 13.2 Å². The molecule has 0 saturated heterocycles. The molecule has 0 aromatic heterocycles. The van der Waals surface area contributed by atoms with Gasteiger partial charge in [-0.05, 0) is 29.4 Å². The lowest BCUT2D eigenvalue weighted by Crippen LogP contribution is -2.37. The summed E-state index contributed by atoms with van der Waals surface area (Å²) < 4.78 is 5.69. The van der Waals surface area contributed by atoms with E-state index < -0.39 is 0 Å². The van der Waals surface area contributed by atoms with Gasteiger partial charge in [0.2, 0.25) is 0 Å². The number of ether oxygens (including phenoxy) is 1. The van der Waals surface area contributed by atoms with E-state index in [9.17, 15) is 0 Å². The van der Waals surface area contributed by atoms with Crippen LogP contribution in [0, 0.1) is 0 Å². The lowest BCUT2D eigenvalue weighted by Gasteiger charge is -2.41. The molecule has 0 saturated carbocycles. The Balaban J connectivity index is 2.50. The molecular formula is C15H22O. The molecule has 0 amide bonds. The third-order valence-corrected chi connectivity index (χ3v) is 3.99. The van der Waals surface area contributed by atoms with Crippen molar-refractivity contribution in [2.45, 2.75) is 51.0 Å². The molecule has 1 aromatic rings. The minimum atomic E-state index is 0.239. The van der Waals surface area contributed by atoms with Crippen LogP contribution in [0.4, 0.5) is 0 Å². The summed E-state index contributed by atoms with van der Waals surface area (Å²) in [4.78, 5) is 0. The zero-order valence-electron chi connectivity index (χ0n) is 10.8. The van der Waals surface area contributed by atoms with Gasteiger partial charge in [0.15, 0.2) is 0 Å². The molecule has 0 radical (unpaired) electrons. The summed E-state index contributed by atoms with van der Waals surface area (Å²) in [5.41, 5.74) is 3.24. The van der Waals surface area contributed by atoms with Gasteiger partial charge >= 0.3 is 0 Å². The van der Waals surface area contributed by atoms with Crippen LogP contribution in [0.3, 0.4) is 0 Å². The summed E-state index contributed by atoms with van der Waals surface area (Å²) in [6.07, 6.45) is 2.65. The van der Waals surface area contributed by atoms with Crippen molar-refractivity contribution in [1.29, 1.82) is 0 Å². The summed E-state index contributed by atoms with van der Waals surface area (Å²) >= 11 is 0. The van der Waals surface area contributed by atoms with E-state index in [1.54, 1.807) is 0 Å². The van der Waals surface area contributed by atoms with Gasteiger partial charge in [-0.15, -0.1) is 0 Å². The SMILES string of the molecule is CC[C@H]1c2ccccc2C(C)(C)CC1OC. The van der Waals surface area contributed by atoms with Gasteiger partial charge in [-0.2, -0.15) is 0 Å². The smallest absolute Gasteiger partial charge is 0.0648 e. The molecule has 0 fully saturated rings. The highest BCUT2D eigenvalue weighted by Crippen LogP contribution is 2.44. The van der Waals surface area contributed by atoms with E-state index in [-0.39, 0.29) is 5.41 Å². The van der Waals surface area contributed by atoms with Crippen LogP contribution >= 0.6 is 0 Å². The Morgan fingerprint density at radius 1 is 1.31 bits per heavy atom. The van der Waals surface area contributed by atoms with Crippen molar-refractivity contribution in [1.82, 2.24) is 0 Å². The van der Waals surface area contributed by atoms with Gasteiger partial charge in [-0.3, -0.25) is 0 Å². The molecule has 2 rings (SSSR count). The zero-order chi connectivity index (χ0) is 11.8. The number of methoxy groups -OCH3 is 1. The first kappa shape index (κ1) is 11.7. The summed E-state index contributed by atoms with van der Waals surface area (Å²) in [6, 6.07) is 8.86. The molecule has 0 heterocycles. The van der Waals surface area contributed by atoms with E-state index in [4.69, 9.17) is 4.74 Å². The van der Waals surface area contributed by atoms with Gasteiger partial charge in [-0.1, -0.05) is 45.0 Å². The second kappa shape index (κ2) is 4.21. The van der Waals surface area contributed by atoms with Crippen molar-refractivity contribution in [2.24, 2.45) is 0 Å². The lowest BCUT2D eigenvalue weighted by molar-refractivity contribution is 0.0450. The van der Waals surface area contributed by atoms with Crippen molar-refractivity contribution in [3.05, 3.63) is 35.4 Å². The third kappa shape index (κ3) is 1.78. The summed E-state index contributed by atoms with van der Waals surface area (Å²) in [7, 11) is 1.84. The number of hydrogen-bond donors (Lipinski definition) is 0. The highest BCUT2D eigenvalue weighted by molar-refractivity contribution is 5.39. The highest BCUT2D eigenvalue weighted by Gasteiger charge is 2.38. The van der Waals surface area contributed by atoms with E-state index >= 15 is 0 Å². The molecule has 0 N–H and O–H groups in total. The largest absolute Gasteiger partial charge is 0.381 e. The first-order chi connectivity index (χ1) is 7.60. The second-order valence-electron chi connectivity index (χ2n) is 5.46. The van der Waals surface area contributed by atoms with Crippen LogP contribution in [0.2, 0.25) is 0 Å². The van der Waals surface area contributed by atoms with Gasteiger partial charge in [-0.25, -0.2) is 0 Å². The van der Waals surface area contributed by atoms with Crippen LogP contribution in [0.1, 0.15) is 50.7 Å². The average Bonchev–Trinajstić information content (AvgIpc) is 2.28. The maximum atomic E-state index is 5.69.